The molecule has 5 nitrogen and oxygen atoms in total. The van der Waals surface area contributed by atoms with Crippen LogP contribution in [0.5, 0.6) is 0 Å². The van der Waals surface area contributed by atoms with E-state index in [0.717, 1.165) is 4.90 Å². The fourth-order valence-corrected chi connectivity index (χ4v) is 2.12. The summed E-state index contributed by atoms with van der Waals surface area (Å²) in [5.41, 5.74) is -0.646. The Balaban J connectivity index is 2.85. The molecule has 0 aromatic rings. The lowest BCUT2D eigenvalue weighted by molar-refractivity contribution is -0.132. The van der Waals surface area contributed by atoms with Gasteiger partial charge < -0.3 is 9.84 Å². The van der Waals surface area contributed by atoms with Gasteiger partial charge in [0.25, 0.3) is 0 Å². The summed E-state index contributed by atoms with van der Waals surface area (Å²) in [6.07, 6.45) is -0.151. The second kappa shape index (κ2) is 5.26. The highest BCUT2D eigenvalue weighted by Crippen LogP contribution is 2.31. The molecule has 0 aliphatic carbocycles. The molecule has 1 saturated heterocycles. The topological polar surface area (TPSA) is 66.8 Å². The number of likely N-dealkylation sites (tertiary alicyclic amines) is 1. The first kappa shape index (κ1) is 15.0. The fraction of sp³-hybridized carbons (Fsp3) is 0.846. The van der Waals surface area contributed by atoms with Crippen molar-refractivity contribution in [3.63, 3.8) is 0 Å². The van der Waals surface area contributed by atoms with Gasteiger partial charge in [-0.3, -0.25) is 4.79 Å². The predicted molar refractivity (Wildman–Crippen MR) is 66.9 cm³/mol. The zero-order valence-electron chi connectivity index (χ0n) is 11.8. The number of amides is 2. The average molecular weight is 257 g/mol. The monoisotopic (exact) mass is 257 g/mol. The quantitative estimate of drug-likeness (QED) is 0.819. The highest BCUT2D eigenvalue weighted by molar-refractivity contribution is 5.95. The third-order valence-electron chi connectivity index (χ3n) is 3.05. The normalized spacial score (nSPS) is 24.8. The highest BCUT2D eigenvalue weighted by Gasteiger charge is 2.45. The molecule has 2 amide bonds. The maximum absolute atomic E-state index is 12.2. The van der Waals surface area contributed by atoms with E-state index in [1.54, 1.807) is 20.8 Å². The SMILES string of the molecule is CC(C)[C@@H]1C[C@@H](CO)N(C(=O)OC(C)(C)C)C1=O. The van der Waals surface area contributed by atoms with Crippen LogP contribution in [0.2, 0.25) is 0 Å². The molecule has 0 aromatic carbocycles. The molecular formula is C13H23NO4. The molecule has 1 fully saturated rings. The van der Waals surface area contributed by atoms with Gasteiger partial charge in [-0.2, -0.15) is 0 Å². The lowest BCUT2D eigenvalue weighted by Crippen LogP contribution is -2.44. The molecule has 2 atom stereocenters. The van der Waals surface area contributed by atoms with Crippen molar-refractivity contribution in [1.82, 2.24) is 4.90 Å². The van der Waals surface area contributed by atoms with E-state index in [0.29, 0.717) is 6.42 Å². The van der Waals surface area contributed by atoms with E-state index in [2.05, 4.69) is 0 Å². The van der Waals surface area contributed by atoms with E-state index in [1.165, 1.54) is 0 Å². The molecule has 104 valence electrons. The van der Waals surface area contributed by atoms with Crippen LogP contribution in [0.15, 0.2) is 0 Å². The molecule has 0 bridgehead atoms. The fourth-order valence-electron chi connectivity index (χ4n) is 2.12. The van der Waals surface area contributed by atoms with Crippen molar-refractivity contribution in [1.29, 1.82) is 0 Å². The first-order valence-electron chi connectivity index (χ1n) is 6.34. The van der Waals surface area contributed by atoms with E-state index in [-0.39, 0.29) is 24.3 Å². The number of carbonyl (C=O) groups excluding carboxylic acids is 2. The lowest BCUT2D eigenvalue weighted by atomic mass is 9.93. The highest BCUT2D eigenvalue weighted by atomic mass is 16.6. The van der Waals surface area contributed by atoms with Crippen molar-refractivity contribution >= 4 is 12.0 Å². The number of nitrogens with zero attached hydrogens (tertiary/aromatic N) is 1. The van der Waals surface area contributed by atoms with E-state index in [4.69, 9.17) is 4.74 Å². The van der Waals surface area contributed by atoms with Gasteiger partial charge in [-0.05, 0) is 33.1 Å². The van der Waals surface area contributed by atoms with Gasteiger partial charge in [0.2, 0.25) is 5.91 Å². The second-order valence-corrected chi connectivity index (χ2v) is 6.11. The maximum atomic E-state index is 12.2. The van der Waals surface area contributed by atoms with Gasteiger partial charge in [0.1, 0.15) is 5.60 Å². The largest absolute Gasteiger partial charge is 0.443 e. The third-order valence-corrected chi connectivity index (χ3v) is 3.05. The lowest BCUT2D eigenvalue weighted by Gasteiger charge is -2.26. The molecule has 0 aromatic heterocycles. The smallest absolute Gasteiger partial charge is 0.417 e. The van der Waals surface area contributed by atoms with E-state index in [1.807, 2.05) is 13.8 Å². The Morgan fingerprint density at radius 1 is 1.50 bits per heavy atom. The number of hydrogen-bond donors (Lipinski definition) is 1. The Bertz CT molecular complexity index is 332. The number of ether oxygens (including phenoxy) is 1. The van der Waals surface area contributed by atoms with Gasteiger partial charge in [-0.1, -0.05) is 13.8 Å². The first-order valence-corrected chi connectivity index (χ1v) is 6.34. The van der Waals surface area contributed by atoms with Crippen LogP contribution >= 0.6 is 0 Å². The van der Waals surface area contributed by atoms with Crippen LogP contribution in [0.1, 0.15) is 41.0 Å². The van der Waals surface area contributed by atoms with Gasteiger partial charge in [-0.15, -0.1) is 0 Å². The molecule has 1 aliphatic heterocycles. The molecule has 5 heteroatoms. The van der Waals surface area contributed by atoms with E-state index in [9.17, 15) is 14.7 Å². The van der Waals surface area contributed by atoms with Gasteiger partial charge in [0, 0.05) is 5.92 Å². The number of hydrogen-bond acceptors (Lipinski definition) is 4. The summed E-state index contributed by atoms with van der Waals surface area (Å²) in [5, 5.41) is 9.30. The number of aliphatic hydroxyl groups is 1. The third kappa shape index (κ3) is 3.22. The number of imide groups is 1. The summed E-state index contributed by atoms with van der Waals surface area (Å²) >= 11 is 0. The van der Waals surface area contributed by atoms with Gasteiger partial charge >= 0.3 is 6.09 Å². The Morgan fingerprint density at radius 3 is 2.44 bits per heavy atom. The second-order valence-electron chi connectivity index (χ2n) is 6.11. The Kier molecular flexibility index (Phi) is 4.37. The van der Waals surface area contributed by atoms with Gasteiger partial charge in [0.15, 0.2) is 0 Å². The molecule has 0 radical (unpaired) electrons. The summed E-state index contributed by atoms with van der Waals surface area (Å²) in [5.74, 6) is -0.299. The summed E-state index contributed by atoms with van der Waals surface area (Å²) in [4.78, 5) is 25.2. The van der Waals surface area contributed by atoms with Crippen LogP contribution in [0.3, 0.4) is 0 Å². The predicted octanol–water partition coefficient (Wildman–Crippen LogP) is 1.79. The van der Waals surface area contributed by atoms with Crippen LogP contribution < -0.4 is 0 Å². The molecule has 0 saturated carbocycles. The van der Waals surface area contributed by atoms with Crippen molar-refractivity contribution in [3.05, 3.63) is 0 Å². The molecule has 1 heterocycles. The van der Waals surface area contributed by atoms with Crippen LogP contribution in [-0.4, -0.2) is 40.3 Å². The molecule has 1 rings (SSSR count). The van der Waals surface area contributed by atoms with Crippen molar-refractivity contribution in [2.75, 3.05) is 6.61 Å². The van der Waals surface area contributed by atoms with Crippen LogP contribution in [0.25, 0.3) is 0 Å². The van der Waals surface area contributed by atoms with E-state index < -0.39 is 17.7 Å². The Morgan fingerprint density at radius 2 is 2.06 bits per heavy atom. The van der Waals surface area contributed by atoms with Gasteiger partial charge in [0.05, 0.1) is 12.6 Å². The molecule has 0 spiro atoms. The average Bonchev–Trinajstić information content (AvgIpc) is 2.52. The van der Waals surface area contributed by atoms with Crippen LogP contribution in [0, 0.1) is 11.8 Å². The molecular weight excluding hydrogens is 234 g/mol. The van der Waals surface area contributed by atoms with Crippen LogP contribution in [-0.2, 0) is 9.53 Å². The first-order chi connectivity index (χ1) is 8.17. The maximum Gasteiger partial charge on any atom is 0.417 e. The number of carbonyl (C=O) groups is 2. The molecule has 1 N–H and O–H groups in total. The molecule has 0 unspecified atom stereocenters. The standard InChI is InChI=1S/C13H23NO4/c1-8(2)10-6-9(7-15)14(11(10)16)12(17)18-13(3,4)5/h8-10,15H,6-7H2,1-5H3/t9-,10-/m0/s1. The Labute approximate surface area is 108 Å². The van der Waals surface area contributed by atoms with Crippen molar-refractivity contribution in [3.8, 4) is 0 Å². The summed E-state index contributed by atoms with van der Waals surface area (Å²) in [6, 6.07) is -0.459. The van der Waals surface area contributed by atoms with Crippen molar-refractivity contribution in [2.45, 2.75) is 52.7 Å². The minimum absolute atomic E-state index is 0.152. The zero-order chi connectivity index (χ0) is 14.1. The van der Waals surface area contributed by atoms with Gasteiger partial charge in [-0.25, -0.2) is 9.69 Å². The Hall–Kier alpha value is -1.10. The summed E-state index contributed by atoms with van der Waals surface area (Å²) < 4.78 is 5.21. The minimum atomic E-state index is -0.658. The minimum Gasteiger partial charge on any atom is -0.443 e. The number of aliphatic hydroxyl groups excluding tert-OH is 1. The zero-order valence-corrected chi connectivity index (χ0v) is 11.8. The van der Waals surface area contributed by atoms with Crippen molar-refractivity contribution in [2.24, 2.45) is 11.8 Å². The summed E-state index contributed by atoms with van der Waals surface area (Å²) in [7, 11) is 0. The van der Waals surface area contributed by atoms with E-state index >= 15 is 0 Å². The molecule has 1 aliphatic rings. The summed E-state index contributed by atoms with van der Waals surface area (Å²) in [6.45, 7) is 8.91. The van der Waals surface area contributed by atoms with Crippen LogP contribution in [0.4, 0.5) is 4.79 Å². The van der Waals surface area contributed by atoms with Crippen molar-refractivity contribution < 1.29 is 19.4 Å². The molecule has 18 heavy (non-hydrogen) atoms. The number of rotatable bonds is 2.